The first-order valence-corrected chi connectivity index (χ1v) is 4.63. The van der Waals surface area contributed by atoms with Crippen LogP contribution in [-0.2, 0) is 40.2 Å². The standard InChI is InChI=1S/C6H8O4.C3H4O4.BH.2H3N.Pt/c7-4(8)6(5(9)10)2-1-3-6;4-2(5)1-3(6)7;;;;/h1-3H2,(H,7,8)(H,9,10);1H2,(H,4,5)(H,6,7);1H;2*1H3;. The summed E-state index contributed by atoms with van der Waals surface area (Å²) >= 11 is 0. The molecular weight excluding hydrogens is 470 g/mol. The quantitative estimate of drug-likeness (QED) is 0.221. The summed E-state index contributed by atoms with van der Waals surface area (Å²) in [7, 11) is 0. The van der Waals surface area contributed by atoms with Gasteiger partial charge in [-0.3, -0.25) is 19.2 Å². The predicted molar refractivity (Wildman–Crippen MR) is 68.6 cm³/mol. The zero-order chi connectivity index (χ0) is 13.6. The van der Waals surface area contributed by atoms with E-state index >= 15 is 0 Å². The maximum Gasteiger partial charge on any atom is 0.321 e. The molecule has 10 N–H and O–H groups in total. The Morgan fingerprint density at radius 3 is 1.10 bits per heavy atom. The van der Waals surface area contributed by atoms with Crippen LogP contribution in [0.5, 0.6) is 0 Å². The van der Waals surface area contributed by atoms with Crippen molar-refractivity contribution in [2.24, 2.45) is 5.41 Å². The number of carbonyl (C=O) groups is 4. The minimum atomic E-state index is -1.44. The summed E-state index contributed by atoms with van der Waals surface area (Å²) < 4.78 is 0. The molecule has 1 aliphatic rings. The van der Waals surface area contributed by atoms with Gasteiger partial charge in [0.15, 0.2) is 5.41 Å². The molecule has 126 valence electrons. The number of carboxylic acids is 4. The van der Waals surface area contributed by atoms with E-state index in [0.29, 0.717) is 6.42 Å². The second kappa shape index (κ2) is 13.5. The Morgan fingerprint density at radius 1 is 0.810 bits per heavy atom. The first-order valence-electron chi connectivity index (χ1n) is 4.63. The Balaban J connectivity index is -0.0000000713. The molecule has 0 heterocycles. The molecule has 2 radical (unpaired) electrons. The van der Waals surface area contributed by atoms with Crippen LogP contribution in [0.2, 0.25) is 0 Å². The van der Waals surface area contributed by atoms with Gasteiger partial charge in [0.25, 0.3) is 0 Å². The van der Waals surface area contributed by atoms with E-state index in [-0.39, 0.29) is 54.6 Å². The van der Waals surface area contributed by atoms with E-state index in [1.807, 2.05) is 0 Å². The fourth-order valence-electron chi connectivity index (χ4n) is 1.18. The average molecular weight is 489 g/mol. The average Bonchev–Trinajstić information content (AvgIpc) is 1.96. The summed E-state index contributed by atoms with van der Waals surface area (Å²) in [4.78, 5) is 39.6. The van der Waals surface area contributed by atoms with E-state index in [4.69, 9.17) is 20.4 Å². The molecule has 0 atom stereocenters. The third kappa shape index (κ3) is 9.99. The molecule has 0 aromatic carbocycles. The van der Waals surface area contributed by atoms with E-state index in [1.165, 1.54) is 0 Å². The van der Waals surface area contributed by atoms with E-state index in [1.54, 1.807) is 0 Å². The van der Waals surface area contributed by atoms with Gasteiger partial charge in [0.1, 0.15) is 6.42 Å². The van der Waals surface area contributed by atoms with Gasteiger partial charge in [-0.15, -0.1) is 0 Å². The molecule has 1 fully saturated rings. The molecule has 0 bridgehead atoms. The third-order valence-corrected chi connectivity index (χ3v) is 2.33. The number of hydrogen-bond donors (Lipinski definition) is 6. The molecule has 21 heavy (non-hydrogen) atoms. The van der Waals surface area contributed by atoms with Gasteiger partial charge in [0.05, 0.1) is 0 Å². The minimum absolute atomic E-state index is 0. The van der Waals surface area contributed by atoms with E-state index in [2.05, 4.69) is 0 Å². The molecule has 12 heteroatoms. The van der Waals surface area contributed by atoms with Crippen molar-refractivity contribution in [1.82, 2.24) is 12.3 Å². The van der Waals surface area contributed by atoms with Crippen LogP contribution in [-0.4, -0.2) is 52.7 Å². The smallest absolute Gasteiger partial charge is 0.321 e. The molecule has 0 aliphatic heterocycles. The van der Waals surface area contributed by atoms with Crippen molar-refractivity contribution < 1.29 is 60.7 Å². The summed E-state index contributed by atoms with van der Waals surface area (Å²) in [5.41, 5.74) is -1.44. The Hall–Kier alpha value is -1.45. The third-order valence-electron chi connectivity index (χ3n) is 2.33. The summed E-state index contributed by atoms with van der Waals surface area (Å²) in [5.74, 6) is -5.03. The molecule has 1 saturated carbocycles. The molecular formula is C9H19BN2O8Pt. The molecule has 0 saturated heterocycles. The van der Waals surface area contributed by atoms with Crippen molar-refractivity contribution in [2.45, 2.75) is 25.7 Å². The van der Waals surface area contributed by atoms with Crippen LogP contribution in [0, 0.1) is 5.41 Å². The van der Waals surface area contributed by atoms with Crippen molar-refractivity contribution in [3.8, 4) is 0 Å². The molecule has 1 aliphatic carbocycles. The molecule has 10 nitrogen and oxygen atoms in total. The molecule has 1 rings (SSSR count). The Labute approximate surface area is 136 Å². The van der Waals surface area contributed by atoms with Gasteiger partial charge in [-0.25, -0.2) is 0 Å². The Bertz CT molecular complexity index is 334. The van der Waals surface area contributed by atoms with Crippen molar-refractivity contribution in [1.29, 1.82) is 0 Å². The zero-order valence-corrected chi connectivity index (χ0v) is 13.5. The van der Waals surface area contributed by atoms with E-state index in [9.17, 15) is 19.2 Å². The molecule has 0 aromatic rings. The van der Waals surface area contributed by atoms with E-state index < -0.39 is 35.7 Å². The van der Waals surface area contributed by atoms with Gasteiger partial charge in [-0.1, -0.05) is 0 Å². The zero-order valence-electron chi connectivity index (χ0n) is 11.2. The molecule has 0 spiro atoms. The normalized spacial score (nSPS) is 12.8. The van der Waals surface area contributed by atoms with Crippen LogP contribution in [0.15, 0.2) is 0 Å². The fraction of sp³-hybridized carbons (Fsp3) is 0.556. The van der Waals surface area contributed by atoms with Crippen LogP contribution in [0.1, 0.15) is 25.7 Å². The first-order chi connectivity index (χ1) is 7.72. The maximum atomic E-state index is 10.4. The topological polar surface area (TPSA) is 219 Å². The van der Waals surface area contributed by atoms with Crippen LogP contribution >= 0.6 is 0 Å². The van der Waals surface area contributed by atoms with Crippen molar-refractivity contribution in [3.63, 3.8) is 0 Å². The van der Waals surface area contributed by atoms with Gasteiger partial charge in [0, 0.05) is 29.5 Å². The maximum absolute atomic E-state index is 10.4. The van der Waals surface area contributed by atoms with Gasteiger partial charge in [-0.2, -0.15) is 0 Å². The van der Waals surface area contributed by atoms with Crippen LogP contribution in [0.3, 0.4) is 0 Å². The molecule has 0 amide bonds. The molecule has 0 aromatic heterocycles. The Kier molecular flexibility index (Phi) is 20.5. The van der Waals surface area contributed by atoms with Gasteiger partial charge in [0.2, 0.25) is 0 Å². The summed E-state index contributed by atoms with van der Waals surface area (Å²) in [6, 6.07) is 0. The van der Waals surface area contributed by atoms with Crippen molar-refractivity contribution in [3.05, 3.63) is 0 Å². The van der Waals surface area contributed by atoms with E-state index in [0.717, 1.165) is 0 Å². The minimum Gasteiger partial charge on any atom is -0.481 e. The summed E-state index contributed by atoms with van der Waals surface area (Å²) in [6.07, 6.45) is 0.452. The second-order valence-electron chi connectivity index (χ2n) is 3.51. The fourth-order valence-corrected chi connectivity index (χ4v) is 1.18. The SMILES string of the molecule is N.N.O=C(O)C1(C(=O)O)CCC1.O=C(O)CC(=O)O.[BH].[Pt]. The van der Waals surface area contributed by atoms with Crippen LogP contribution in [0.25, 0.3) is 0 Å². The number of hydrogen-bond acceptors (Lipinski definition) is 6. The largest absolute Gasteiger partial charge is 0.481 e. The summed E-state index contributed by atoms with van der Waals surface area (Å²) in [5, 5.41) is 32.4. The second-order valence-corrected chi connectivity index (χ2v) is 3.51. The van der Waals surface area contributed by atoms with Crippen LogP contribution < -0.4 is 12.3 Å². The van der Waals surface area contributed by atoms with Gasteiger partial charge >= 0.3 is 23.9 Å². The molecule has 0 unspecified atom stereocenters. The van der Waals surface area contributed by atoms with Crippen molar-refractivity contribution >= 4 is 32.3 Å². The number of rotatable bonds is 4. The van der Waals surface area contributed by atoms with Gasteiger partial charge < -0.3 is 32.7 Å². The Morgan fingerprint density at radius 2 is 1.10 bits per heavy atom. The van der Waals surface area contributed by atoms with Gasteiger partial charge in [-0.05, 0) is 19.3 Å². The van der Waals surface area contributed by atoms with Crippen molar-refractivity contribution in [2.75, 3.05) is 0 Å². The first kappa shape index (κ1) is 31.8. The van der Waals surface area contributed by atoms with Crippen LogP contribution in [0.4, 0.5) is 0 Å². The monoisotopic (exact) mass is 489 g/mol. The number of carboxylic acid groups (broad SMARTS) is 4. The number of aliphatic carboxylic acids is 4. The summed E-state index contributed by atoms with van der Waals surface area (Å²) in [6.45, 7) is 0. The predicted octanol–water partition coefficient (Wildman–Crippen LogP) is -0.455.